The molecule has 3 aliphatic carbocycles. The fourth-order valence-electron chi connectivity index (χ4n) is 10.9. The Bertz CT molecular complexity index is 3230. The second-order valence-corrected chi connectivity index (χ2v) is 17.4. The smallest absolute Gasteiger partial charge is 0.0721 e. The van der Waals surface area contributed by atoms with Gasteiger partial charge in [-0.05, 0) is 125 Å². The average Bonchev–Trinajstić information content (AvgIpc) is 3.42. The fraction of sp³-hybridized carbons (Fsp3) is 0.0833. The second-order valence-electron chi connectivity index (χ2n) is 17.4. The van der Waals surface area contributed by atoms with Crippen molar-refractivity contribution in [1.29, 1.82) is 0 Å². The first-order chi connectivity index (χ1) is 30.0. The molecule has 1 spiro atoms. The first-order valence-electron chi connectivity index (χ1n) is 21.5. The van der Waals surface area contributed by atoms with Gasteiger partial charge in [0.25, 0.3) is 0 Å². The van der Waals surface area contributed by atoms with Crippen molar-refractivity contribution in [2.24, 2.45) is 0 Å². The highest BCUT2D eigenvalue weighted by Gasteiger charge is 2.54. The van der Waals surface area contributed by atoms with Gasteiger partial charge < -0.3 is 0 Å². The number of rotatable bonds is 4. The molecule has 0 saturated carbocycles. The molecule has 9 aromatic rings. The largest absolute Gasteiger partial charge is 0.248 e. The normalized spacial score (nSPS) is 15.5. The molecule has 0 fully saturated rings. The van der Waals surface area contributed by atoms with Crippen LogP contribution in [0.2, 0.25) is 0 Å². The summed E-state index contributed by atoms with van der Waals surface area (Å²) in [6, 6.07) is 71.7. The van der Waals surface area contributed by atoms with Crippen LogP contribution < -0.4 is 0 Å². The van der Waals surface area contributed by atoms with Crippen LogP contribution in [0.1, 0.15) is 59.2 Å². The molecule has 0 bridgehead atoms. The fourth-order valence-corrected chi connectivity index (χ4v) is 10.9. The Kier molecular flexibility index (Phi) is 7.93. The second kappa shape index (κ2) is 13.6. The van der Waals surface area contributed by atoms with Crippen LogP contribution in [-0.4, -0.2) is 4.98 Å². The van der Waals surface area contributed by atoms with Crippen LogP contribution in [0.15, 0.2) is 218 Å². The highest BCUT2D eigenvalue weighted by Crippen LogP contribution is 2.63. The minimum absolute atomic E-state index is 0.178. The maximum Gasteiger partial charge on any atom is 0.0721 e. The number of fused-ring (bicyclic) bond motifs is 10. The zero-order valence-electron chi connectivity index (χ0n) is 34.4. The summed E-state index contributed by atoms with van der Waals surface area (Å²) in [5, 5.41) is 5.06. The Morgan fingerprint density at radius 1 is 0.410 bits per heavy atom. The molecule has 8 aromatic carbocycles. The average molecular weight is 778 g/mol. The standard InChI is InChI=1S/C60H43N/c1-59(2)51-23-11-13-25-53(51)60(54-26-14-12-24-52(54)59)50-33-31-40(44-28-29-45-34-42-20-9-10-21-43(42)35-46(45)36-44)30-32-48(50)58-49(22-15-27-55(58)60)57-38-47(39-16-5-3-6-17-39)37-56(61-57)41-18-7-4-8-19-41/h3-31,33-38H,32H2,1-2H3. The van der Waals surface area contributed by atoms with Gasteiger partial charge in [0, 0.05) is 16.5 Å². The Morgan fingerprint density at radius 2 is 0.984 bits per heavy atom. The van der Waals surface area contributed by atoms with Crippen molar-refractivity contribution < 1.29 is 0 Å². The van der Waals surface area contributed by atoms with E-state index in [1.165, 1.54) is 88.3 Å². The summed E-state index contributed by atoms with van der Waals surface area (Å²) in [4.78, 5) is 5.54. The molecule has 1 nitrogen and oxygen atoms in total. The van der Waals surface area contributed by atoms with E-state index in [1.807, 2.05) is 0 Å². The summed E-state index contributed by atoms with van der Waals surface area (Å²) in [6.45, 7) is 4.80. The van der Waals surface area contributed by atoms with Gasteiger partial charge in [-0.3, -0.25) is 0 Å². The van der Waals surface area contributed by atoms with Crippen LogP contribution in [-0.2, 0) is 10.8 Å². The van der Waals surface area contributed by atoms with E-state index in [-0.39, 0.29) is 5.41 Å². The van der Waals surface area contributed by atoms with Gasteiger partial charge in [-0.2, -0.15) is 0 Å². The third-order valence-electron chi connectivity index (χ3n) is 13.8. The van der Waals surface area contributed by atoms with E-state index in [1.54, 1.807) is 0 Å². The van der Waals surface area contributed by atoms with E-state index in [0.29, 0.717) is 0 Å². The van der Waals surface area contributed by atoms with Crippen molar-refractivity contribution in [3.8, 4) is 33.6 Å². The molecule has 0 N–H and O–H groups in total. The maximum absolute atomic E-state index is 5.54. The quantitative estimate of drug-likeness (QED) is 0.162. The summed E-state index contributed by atoms with van der Waals surface area (Å²) in [7, 11) is 0. The van der Waals surface area contributed by atoms with Crippen LogP contribution in [0.3, 0.4) is 0 Å². The number of nitrogens with zero attached hydrogens (tertiary/aromatic N) is 1. The first-order valence-corrected chi connectivity index (χ1v) is 21.5. The minimum atomic E-state index is -0.523. The Balaban J connectivity index is 1.12. The molecule has 1 heterocycles. The number of pyridine rings is 1. The van der Waals surface area contributed by atoms with Crippen molar-refractivity contribution in [1.82, 2.24) is 4.98 Å². The molecular formula is C60H43N. The predicted molar refractivity (Wildman–Crippen MR) is 256 cm³/mol. The molecule has 0 radical (unpaired) electrons. The van der Waals surface area contributed by atoms with Crippen LogP contribution in [0.5, 0.6) is 0 Å². The van der Waals surface area contributed by atoms with Gasteiger partial charge >= 0.3 is 0 Å². The first kappa shape index (κ1) is 35.6. The van der Waals surface area contributed by atoms with E-state index >= 15 is 0 Å². The summed E-state index contributed by atoms with van der Waals surface area (Å²) >= 11 is 0. The van der Waals surface area contributed by atoms with Crippen molar-refractivity contribution in [2.75, 3.05) is 0 Å². The molecule has 0 amide bonds. The molecular weight excluding hydrogens is 735 g/mol. The van der Waals surface area contributed by atoms with E-state index in [4.69, 9.17) is 4.98 Å². The van der Waals surface area contributed by atoms with Crippen molar-refractivity contribution in [3.05, 3.63) is 257 Å². The summed E-state index contributed by atoms with van der Waals surface area (Å²) < 4.78 is 0. The topological polar surface area (TPSA) is 12.9 Å². The lowest BCUT2D eigenvalue weighted by Gasteiger charge is -2.47. The maximum atomic E-state index is 5.54. The molecule has 0 saturated heterocycles. The van der Waals surface area contributed by atoms with E-state index < -0.39 is 5.41 Å². The predicted octanol–water partition coefficient (Wildman–Crippen LogP) is 15.2. The zero-order valence-corrected chi connectivity index (χ0v) is 34.4. The molecule has 1 heteroatoms. The molecule has 288 valence electrons. The molecule has 1 aromatic heterocycles. The zero-order chi connectivity index (χ0) is 40.7. The van der Waals surface area contributed by atoms with Crippen molar-refractivity contribution >= 4 is 32.7 Å². The lowest BCUT2D eigenvalue weighted by atomic mass is 9.55. The minimum Gasteiger partial charge on any atom is -0.248 e. The lowest BCUT2D eigenvalue weighted by molar-refractivity contribution is 0.562. The van der Waals surface area contributed by atoms with Gasteiger partial charge in [0.2, 0.25) is 0 Å². The monoisotopic (exact) mass is 777 g/mol. The van der Waals surface area contributed by atoms with E-state index in [9.17, 15) is 0 Å². The molecule has 61 heavy (non-hydrogen) atoms. The summed E-state index contributed by atoms with van der Waals surface area (Å²) in [5.74, 6) is 0. The summed E-state index contributed by atoms with van der Waals surface area (Å²) in [6.07, 6.45) is 8.12. The van der Waals surface area contributed by atoms with Crippen LogP contribution >= 0.6 is 0 Å². The van der Waals surface area contributed by atoms with Crippen LogP contribution in [0.25, 0.3) is 66.3 Å². The number of aromatic nitrogens is 1. The molecule has 3 aliphatic rings. The van der Waals surface area contributed by atoms with Gasteiger partial charge in [-0.25, -0.2) is 4.98 Å². The van der Waals surface area contributed by atoms with Crippen LogP contribution in [0, 0.1) is 0 Å². The number of allylic oxidation sites excluding steroid dienone is 6. The van der Waals surface area contributed by atoms with Crippen molar-refractivity contribution in [3.63, 3.8) is 0 Å². The highest BCUT2D eigenvalue weighted by molar-refractivity contribution is 6.01. The molecule has 0 unspecified atom stereocenters. The van der Waals surface area contributed by atoms with Gasteiger partial charge in [-0.1, -0.05) is 196 Å². The molecule has 0 aliphatic heterocycles. The van der Waals surface area contributed by atoms with Crippen molar-refractivity contribution in [2.45, 2.75) is 31.1 Å². The number of hydrogen-bond acceptors (Lipinski definition) is 1. The Labute approximate surface area is 357 Å². The van der Waals surface area contributed by atoms with Gasteiger partial charge in [0.05, 0.1) is 16.8 Å². The third-order valence-corrected chi connectivity index (χ3v) is 13.8. The van der Waals surface area contributed by atoms with Crippen LogP contribution in [0.4, 0.5) is 0 Å². The highest BCUT2D eigenvalue weighted by atomic mass is 14.7. The molecule has 0 atom stereocenters. The SMILES string of the molecule is CC1(C)c2ccccc2C2(C3=C(CC=C(c4ccc5cc6ccccc6cc5c4)C=C3)c3c(-c4cc(-c5ccccc5)cc(-c5ccccc5)n4)cccc32)c2ccccc21. The van der Waals surface area contributed by atoms with E-state index in [0.717, 1.165) is 28.9 Å². The lowest BCUT2D eigenvalue weighted by Crippen LogP contribution is -2.41. The third kappa shape index (κ3) is 5.37. The van der Waals surface area contributed by atoms with E-state index in [2.05, 4.69) is 226 Å². The Morgan fingerprint density at radius 3 is 1.69 bits per heavy atom. The molecule has 12 rings (SSSR count). The number of benzene rings is 8. The van der Waals surface area contributed by atoms with Gasteiger partial charge in [0.15, 0.2) is 0 Å². The van der Waals surface area contributed by atoms with Gasteiger partial charge in [0.1, 0.15) is 0 Å². The van der Waals surface area contributed by atoms with Gasteiger partial charge in [-0.15, -0.1) is 0 Å². The Hall–Kier alpha value is -7.35. The number of hydrogen-bond donors (Lipinski definition) is 0. The summed E-state index contributed by atoms with van der Waals surface area (Å²) in [5.41, 5.74) is 19.2.